The fraction of sp³-hybridized carbons (Fsp3) is 0.400. The summed E-state index contributed by atoms with van der Waals surface area (Å²) in [6.45, 7) is 5.10. The van der Waals surface area contributed by atoms with Crippen LogP contribution in [0.15, 0.2) is 30.3 Å². The molecule has 3 heteroatoms. The molecule has 23 heavy (non-hydrogen) atoms. The van der Waals surface area contributed by atoms with Crippen LogP contribution < -0.4 is 0 Å². The highest BCUT2D eigenvalue weighted by atomic mass is 16.5. The van der Waals surface area contributed by atoms with Crippen molar-refractivity contribution in [3.63, 3.8) is 0 Å². The Bertz CT molecular complexity index is 613. The summed E-state index contributed by atoms with van der Waals surface area (Å²) < 4.78 is 10.4. The third kappa shape index (κ3) is 4.12. The lowest BCUT2D eigenvalue weighted by Gasteiger charge is -2.14. The molecular weight excluding hydrogens is 288 g/mol. The predicted octanol–water partition coefficient (Wildman–Crippen LogP) is 4.48. The van der Waals surface area contributed by atoms with Gasteiger partial charge >= 0.3 is 0 Å². The summed E-state index contributed by atoms with van der Waals surface area (Å²) in [5, 5.41) is 10.4. The number of hydrogen-bond acceptors (Lipinski definition) is 3. The van der Waals surface area contributed by atoms with E-state index in [1.54, 1.807) is 14.2 Å². The monoisotopic (exact) mass is 314 g/mol. The number of aryl methyl sites for hydroxylation is 2. The summed E-state index contributed by atoms with van der Waals surface area (Å²) >= 11 is 0. The van der Waals surface area contributed by atoms with Crippen molar-refractivity contribution in [2.45, 2.75) is 39.9 Å². The van der Waals surface area contributed by atoms with Crippen molar-refractivity contribution in [2.24, 2.45) is 0 Å². The van der Waals surface area contributed by atoms with Crippen LogP contribution in [0.3, 0.4) is 0 Å². The molecule has 0 spiro atoms. The molecule has 2 rings (SSSR count). The van der Waals surface area contributed by atoms with Crippen molar-refractivity contribution in [3.05, 3.63) is 52.6 Å². The minimum Gasteiger partial charge on any atom is -0.507 e. The quantitative estimate of drug-likeness (QED) is 0.819. The molecule has 0 unspecified atom stereocenters. The Kier molecular flexibility index (Phi) is 6.20. The highest BCUT2D eigenvalue weighted by Crippen LogP contribution is 2.32. The smallest absolute Gasteiger partial charge is 0.126 e. The van der Waals surface area contributed by atoms with Gasteiger partial charge in [0, 0.05) is 25.3 Å². The lowest BCUT2D eigenvalue weighted by atomic mass is 9.94. The normalized spacial score (nSPS) is 11.0. The number of aromatic hydroxyl groups is 1. The summed E-state index contributed by atoms with van der Waals surface area (Å²) in [5.41, 5.74) is 6.50. The molecule has 0 fully saturated rings. The van der Waals surface area contributed by atoms with Crippen LogP contribution >= 0.6 is 0 Å². The van der Waals surface area contributed by atoms with Gasteiger partial charge in [0.25, 0.3) is 0 Å². The van der Waals surface area contributed by atoms with E-state index in [2.05, 4.69) is 32.0 Å². The summed E-state index contributed by atoms with van der Waals surface area (Å²) in [6, 6.07) is 10.7. The van der Waals surface area contributed by atoms with Crippen LogP contribution in [0.5, 0.6) is 5.75 Å². The molecule has 0 aromatic heterocycles. The van der Waals surface area contributed by atoms with Crippen LogP contribution in [0.4, 0.5) is 0 Å². The maximum absolute atomic E-state index is 10.4. The average molecular weight is 314 g/mol. The molecule has 2 aromatic rings. The van der Waals surface area contributed by atoms with Crippen LogP contribution in [0.2, 0.25) is 0 Å². The van der Waals surface area contributed by atoms with Crippen molar-refractivity contribution in [2.75, 3.05) is 14.2 Å². The molecule has 0 aliphatic rings. The zero-order valence-electron chi connectivity index (χ0n) is 14.5. The molecule has 0 aliphatic carbocycles. The SMILES string of the molecule is CCc1cc(CC)cc(-c2cc(COC)c(O)c(COC)c2)c1. The molecule has 124 valence electrons. The lowest BCUT2D eigenvalue weighted by Crippen LogP contribution is -1.97. The van der Waals surface area contributed by atoms with Crippen molar-refractivity contribution in [3.8, 4) is 16.9 Å². The number of rotatable bonds is 7. The summed E-state index contributed by atoms with van der Waals surface area (Å²) in [5.74, 6) is 0.264. The summed E-state index contributed by atoms with van der Waals surface area (Å²) in [7, 11) is 3.27. The Morgan fingerprint density at radius 3 is 1.57 bits per heavy atom. The number of hydrogen-bond donors (Lipinski definition) is 1. The fourth-order valence-electron chi connectivity index (χ4n) is 2.80. The van der Waals surface area contributed by atoms with Gasteiger partial charge in [0.15, 0.2) is 0 Å². The van der Waals surface area contributed by atoms with E-state index in [9.17, 15) is 5.11 Å². The van der Waals surface area contributed by atoms with Crippen molar-refractivity contribution < 1.29 is 14.6 Å². The van der Waals surface area contributed by atoms with E-state index < -0.39 is 0 Å². The van der Waals surface area contributed by atoms with E-state index in [-0.39, 0.29) is 5.75 Å². The third-order valence-corrected chi connectivity index (χ3v) is 4.07. The van der Waals surface area contributed by atoms with Crippen molar-refractivity contribution in [1.29, 1.82) is 0 Å². The lowest BCUT2D eigenvalue weighted by molar-refractivity contribution is 0.174. The highest BCUT2D eigenvalue weighted by molar-refractivity contribution is 5.69. The van der Waals surface area contributed by atoms with Crippen LogP contribution in [-0.2, 0) is 35.5 Å². The van der Waals surface area contributed by atoms with Gasteiger partial charge in [0.05, 0.1) is 13.2 Å². The molecule has 1 N–H and O–H groups in total. The molecule has 3 nitrogen and oxygen atoms in total. The molecule has 0 aliphatic heterocycles. The van der Waals surface area contributed by atoms with Gasteiger partial charge in [-0.1, -0.05) is 32.0 Å². The molecule has 0 heterocycles. The minimum absolute atomic E-state index is 0.264. The van der Waals surface area contributed by atoms with Gasteiger partial charge in [-0.25, -0.2) is 0 Å². The molecule has 0 bridgehead atoms. The Morgan fingerprint density at radius 2 is 1.17 bits per heavy atom. The van der Waals surface area contributed by atoms with E-state index in [1.165, 1.54) is 16.7 Å². The van der Waals surface area contributed by atoms with Crippen LogP contribution in [0, 0.1) is 0 Å². The number of benzene rings is 2. The first-order valence-corrected chi connectivity index (χ1v) is 8.08. The summed E-state index contributed by atoms with van der Waals surface area (Å²) in [6.07, 6.45) is 2.02. The van der Waals surface area contributed by atoms with Crippen LogP contribution in [0.25, 0.3) is 11.1 Å². The molecule has 0 saturated carbocycles. The van der Waals surface area contributed by atoms with E-state index in [1.807, 2.05) is 12.1 Å². The van der Waals surface area contributed by atoms with Crippen molar-refractivity contribution >= 4 is 0 Å². The second-order valence-corrected chi connectivity index (χ2v) is 5.75. The summed E-state index contributed by atoms with van der Waals surface area (Å²) in [4.78, 5) is 0. The molecule has 0 atom stereocenters. The van der Waals surface area contributed by atoms with Crippen LogP contribution in [0.1, 0.15) is 36.1 Å². The first kappa shape index (κ1) is 17.5. The van der Waals surface area contributed by atoms with E-state index >= 15 is 0 Å². The van der Waals surface area contributed by atoms with Gasteiger partial charge in [0.1, 0.15) is 5.75 Å². The van der Waals surface area contributed by atoms with E-state index in [0.29, 0.717) is 13.2 Å². The number of phenols is 1. The topological polar surface area (TPSA) is 38.7 Å². The first-order chi connectivity index (χ1) is 11.1. The number of methoxy groups -OCH3 is 2. The highest BCUT2D eigenvalue weighted by Gasteiger charge is 2.12. The largest absolute Gasteiger partial charge is 0.507 e. The maximum atomic E-state index is 10.4. The number of phenolic OH excluding ortho intramolecular Hbond substituents is 1. The van der Waals surface area contributed by atoms with Crippen molar-refractivity contribution in [1.82, 2.24) is 0 Å². The third-order valence-electron chi connectivity index (χ3n) is 4.07. The Labute approximate surface area is 138 Å². The van der Waals surface area contributed by atoms with E-state index in [4.69, 9.17) is 9.47 Å². The van der Waals surface area contributed by atoms with Gasteiger partial charge in [-0.2, -0.15) is 0 Å². The zero-order chi connectivity index (χ0) is 16.8. The minimum atomic E-state index is 0.264. The molecule has 0 amide bonds. The molecule has 0 saturated heterocycles. The van der Waals surface area contributed by atoms with Gasteiger partial charge < -0.3 is 14.6 Å². The Balaban J connectivity index is 2.57. The predicted molar refractivity (Wildman–Crippen MR) is 93.7 cm³/mol. The second kappa shape index (κ2) is 8.14. The molecule has 2 aromatic carbocycles. The van der Waals surface area contributed by atoms with Gasteiger partial charge in [-0.15, -0.1) is 0 Å². The Morgan fingerprint density at radius 1 is 0.739 bits per heavy atom. The van der Waals surface area contributed by atoms with Gasteiger partial charge in [-0.3, -0.25) is 0 Å². The van der Waals surface area contributed by atoms with E-state index in [0.717, 1.165) is 29.5 Å². The fourth-order valence-corrected chi connectivity index (χ4v) is 2.80. The van der Waals surface area contributed by atoms with Gasteiger partial charge in [0.2, 0.25) is 0 Å². The molecule has 0 radical (unpaired) electrons. The maximum Gasteiger partial charge on any atom is 0.126 e. The average Bonchev–Trinajstić information content (AvgIpc) is 2.58. The zero-order valence-corrected chi connectivity index (χ0v) is 14.5. The van der Waals surface area contributed by atoms with Gasteiger partial charge in [-0.05, 0) is 47.2 Å². The standard InChI is InChI=1S/C20H26O3/c1-5-14-7-15(6-2)9-16(8-14)17-10-18(12-22-3)20(21)19(11-17)13-23-4/h7-11,21H,5-6,12-13H2,1-4H3. The first-order valence-electron chi connectivity index (χ1n) is 8.08. The molecular formula is C20H26O3. The van der Waals surface area contributed by atoms with Crippen LogP contribution in [-0.4, -0.2) is 19.3 Å². The number of ether oxygens (including phenoxy) is 2. The Hall–Kier alpha value is -1.84. The second-order valence-electron chi connectivity index (χ2n) is 5.75.